The van der Waals surface area contributed by atoms with E-state index in [9.17, 15) is 14.4 Å². The Labute approximate surface area is 297 Å². The Bertz CT molecular complexity index is 1900. The lowest BCUT2D eigenvalue weighted by Gasteiger charge is -2.30. The van der Waals surface area contributed by atoms with Crippen LogP contribution in [0.25, 0.3) is 10.8 Å². The summed E-state index contributed by atoms with van der Waals surface area (Å²) in [7, 11) is 1.60. The number of nitrogens with one attached hydrogen (secondary N) is 3. The summed E-state index contributed by atoms with van der Waals surface area (Å²) < 4.78 is 11.9. The van der Waals surface area contributed by atoms with Gasteiger partial charge in [0.15, 0.2) is 5.75 Å². The lowest BCUT2D eigenvalue weighted by atomic mass is 10.0. The molecule has 2 aliphatic heterocycles. The molecular weight excluding hydrogens is 646 g/mol. The average molecular weight is 690 g/mol. The van der Waals surface area contributed by atoms with Crippen molar-refractivity contribution in [1.82, 2.24) is 20.7 Å². The summed E-state index contributed by atoms with van der Waals surface area (Å²) in [5, 5.41) is 8.34. The van der Waals surface area contributed by atoms with E-state index < -0.39 is 35.5 Å². The molecule has 3 aliphatic rings. The van der Waals surface area contributed by atoms with Crippen molar-refractivity contribution in [3.8, 4) is 17.4 Å². The van der Waals surface area contributed by atoms with Gasteiger partial charge in [-0.2, -0.15) is 5.48 Å². The predicted molar refractivity (Wildman–Crippen MR) is 193 cm³/mol. The molecule has 3 N–H and O–H groups in total. The number of allylic oxidation sites excluding steroid dienone is 1. The molecule has 0 spiro atoms. The maximum Gasteiger partial charge on any atom is 0.278 e. The van der Waals surface area contributed by atoms with E-state index in [-0.39, 0.29) is 24.8 Å². The highest BCUT2D eigenvalue weighted by molar-refractivity contribution is 5.98. The van der Waals surface area contributed by atoms with E-state index in [4.69, 9.17) is 14.3 Å². The second kappa shape index (κ2) is 15.1. The van der Waals surface area contributed by atoms with Crippen LogP contribution in [0, 0.1) is 5.92 Å². The molecule has 1 saturated carbocycles. The number of benzene rings is 3. The summed E-state index contributed by atoms with van der Waals surface area (Å²) in [6.45, 7) is 0.178. The average Bonchev–Trinajstić information content (AvgIpc) is 3.69. The number of anilines is 1. The molecule has 3 amide bonds. The Morgan fingerprint density at radius 1 is 0.961 bits per heavy atom. The monoisotopic (exact) mass is 689 g/mol. The number of methoxy groups -OCH3 is 1. The molecule has 0 radical (unpaired) electrons. The second-order valence-electron chi connectivity index (χ2n) is 13.4. The topological polar surface area (TPSA) is 131 Å². The number of aromatic nitrogens is 1. The van der Waals surface area contributed by atoms with Crippen LogP contribution in [0.15, 0.2) is 103 Å². The van der Waals surface area contributed by atoms with Crippen LogP contribution in [0.5, 0.6) is 17.4 Å². The number of rotatable bonds is 8. The molecule has 2 fully saturated rings. The van der Waals surface area contributed by atoms with Crippen LogP contribution in [0.4, 0.5) is 5.69 Å². The van der Waals surface area contributed by atoms with Gasteiger partial charge < -0.3 is 29.8 Å². The second-order valence-corrected chi connectivity index (χ2v) is 13.4. The van der Waals surface area contributed by atoms with E-state index >= 15 is 0 Å². The molecule has 7 rings (SSSR count). The first-order valence-electron chi connectivity index (χ1n) is 17.7. The Balaban J connectivity index is 1.18. The first-order chi connectivity index (χ1) is 24.9. The van der Waals surface area contributed by atoms with Crippen molar-refractivity contribution in [1.29, 1.82) is 0 Å². The number of carbonyl (C=O) groups is 3. The zero-order valence-corrected chi connectivity index (χ0v) is 28.6. The minimum Gasteiger partial charge on any atom is -0.497 e. The van der Waals surface area contributed by atoms with Gasteiger partial charge in [0, 0.05) is 35.7 Å². The first kappa shape index (κ1) is 33.9. The Morgan fingerprint density at radius 2 is 1.78 bits per heavy atom. The molecule has 0 unspecified atom stereocenters. The summed E-state index contributed by atoms with van der Waals surface area (Å²) in [6.07, 6.45) is 10.0. The third-order valence-electron chi connectivity index (χ3n) is 9.98. The van der Waals surface area contributed by atoms with E-state index in [2.05, 4.69) is 27.2 Å². The number of ether oxygens (including phenoxy) is 2. The van der Waals surface area contributed by atoms with Crippen molar-refractivity contribution < 1.29 is 28.7 Å². The summed E-state index contributed by atoms with van der Waals surface area (Å²) in [6, 6.07) is 24.6. The Kier molecular flexibility index (Phi) is 10.0. The number of carbonyl (C=O) groups excluding carboxylic acids is 3. The van der Waals surface area contributed by atoms with Gasteiger partial charge >= 0.3 is 0 Å². The quantitative estimate of drug-likeness (QED) is 0.162. The lowest BCUT2D eigenvalue weighted by Crippen LogP contribution is -2.57. The van der Waals surface area contributed by atoms with Gasteiger partial charge in [0.05, 0.1) is 13.7 Å². The number of pyridine rings is 1. The van der Waals surface area contributed by atoms with Crippen molar-refractivity contribution in [2.75, 3.05) is 19.0 Å². The van der Waals surface area contributed by atoms with Crippen LogP contribution >= 0.6 is 0 Å². The molecule has 1 aliphatic carbocycles. The van der Waals surface area contributed by atoms with Gasteiger partial charge in [0.1, 0.15) is 29.5 Å². The Morgan fingerprint density at radius 3 is 2.65 bits per heavy atom. The van der Waals surface area contributed by atoms with E-state index in [1.807, 2.05) is 78.9 Å². The van der Waals surface area contributed by atoms with Crippen molar-refractivity contribution in [2.24, 2.45) is 5.92 Å². The number of para-hydroxylation sites is 1. The molecule has 11 heteroatoms. The molecule has 1 aromatic heterocycles. The minimum absolute atomic E-state index is 0.178. The third-order valence-corrected chi connectivity index (χ3v) is 9.98. The molecule has 264 valence electrons. The third kappa shape index (κ3) is 7.62. The van der Waals surface area contributed by atoms with Crippen LogP contribution in [0.1, 0.15) is 44.9 Å². The van der Waals surface area contributed by atoms with Crippen LogP contribution in [0.2, 0.25) is 0 Å². The van der Waals surface area contributed by atoms with E-state index in [0.29, 0.717) is 30.2 Å². The first-order valence-corrected chi connectivity index (χ1v) is 17.7. The molecule has 11 nitrogen and oxygen atoms in total. The zero-order chi connectivity index (χ0) is 35.2. The normalized spacial score (nSPS) is 25.0. The standard InChI is InChI=1S/C40H43N5O6/c1-49-31-18-12-15-29(23-31)42-34-20-9-4-2-3-6-14-28-25-40(28,39(48)44-51-30-16-7-5-8-17-30)43-36(46)35-24-32(26-45(35)38(34)47)50-37-33-19-11-10-13-27(33)21-22-41-37/h5-8,10-19,21-23,28,32,34-35,42H,2-4,9,20,24-26H2,1H3,(H,43,46)(H,44,48)/t28-,32-,34+,35+,40-/m1/s1. The van der Waals surface area contributed by atoms with E-state index in [0.717, 1.165) is 42.1 Å². The van der Waals surface area contributed by atoms with Crippen molar-refractivity contribution in [3.05, 3.63) is 103 Å². The van der Waals surface area contributed by atoms with Gasteiger partial charge in [-0.15, -0.1) is 0 Å². The molecule has 51 heavy (non-hydrogen) atoms. The van der Waals surface area contributed by atoms with E-state index in [1.165, 1.54) is 0 Å². The number of hydrogen-bond donors (Lipinski definition) is 3. The van der Waals surface area contributed by atoms with E-state index in [1.54, 1.807) is 30.3 Å². The van der Waals surface area contributed by atoms with Gasteiger partial charge in [-0.05, 0) is 67.5 Å². The number of hydrogen-bond acceptors (Lipinski definition) is 8. The lowest BCUT2D eigenvalue weighted by molar-refractivity contribution is -0.141. The van der Waals surface area contributed by atoms with Crippen LogP contribution in [-0.4, -0.2) is 65.0 Å². The highest BCUT2D eigenvalue weighted by Crippen LogP contribution is 2.45. The van der Waals surface area contributed by atoms with Gasteiger partial charge in [0.2, 0.25) is 17.7 Å². The number of hydroxylamine groups is 1. The van der Waals surface area contributed by atoms with Crippen LogP contribution in [-0.2, 0) is 14.4 Å². The van der Waals surface area contributed by atoms with Gasteiger partial charge in [-0.1, -0.05) is 67.5 Å². The van der Waals surface area contributed by atoms with Gasteiger partial charge in [-0.25, -0.2) is 4.98 Å². The molecule has 1 saturated heterocycles. The van der Waals surface area contributed by atoms with Crippen LogP contribution < -0.4 is 30.4 Å². The number of amides is 3. The molecule has 0 bridgehead atoms. The van der Waals surface area contributed by atoms with Crippen LogP contribution in [0.3, 0.4) is 0 Å². The van der Waals surface area contributed by atoms with Gasteiger partial charge in [0.25, 0.3) is 5.91 Å². The fourth-order valence-electron chi connectivity index (χ4n) is 7.11. The summed E-state index contributed by atoms with van der Waals surface area (Å²) in [4.78, 5) is 54.5. The predicted octanol–water partition coefficient (Wildman–Crippen LogP) is 5.58. The number of nitrogens with zero attached hydrogens (tertiary/aromatic N) is 2. The highest BCUT2D eigenvalue weighted by Gasteiger charge is 2.61. The van der Waals surface area contributed by atoms with Crippen molar-refractivity contribution in [3.63, 3.8) is 0 Å². The fourth-order valence-corrected chi connectivity index (χ4v) is 7.11. The zero-order valence-electron chi connectivity index (χ0n) is 28.6. The van der Waals surface area contributed by atoms with Gasteiger partial charge in [-0.3, -0.25) is 14.4 Å². The minimum atomic E-state index is -1.22. The fraction of sp³-hybridized carbons (Fsp3) is 0.350. The maximum absolute atomic E-state index is 14.6. The molecule has 5 atom stereocenters. The number of fused-ring (bicyclic) bond motifs is 3. The molecule has 3 aromatic carbocycles. The largest absolute Gasteiger partial charge is 0.497 e. The molecule has 4 aromatic rings. The summed E-state index contributed by atoms with van der Waals surface area (Å²) in [5.74, 6) is 0.307. The summed E-state index contributed by atoms with van der Waals surface area (Å²) in [5.41, 5.74) is 2.10. The smallest absolute Gasteiger partial charge is 0.278 e. The van der Waals surface area contributed by atoms with Crippen molar-refractivity contribution >= 4 is 34.2 Å². The highest BCUT2D eigenvalue weighted by atomic mass is 16.7. The summed E-state index contributed by atoms with van der Waals surface area (Å²) >= 11 is 0. The maximum atomic E-state index is 14.6. The Hall–Kier alpha value is -5.58. The van der Waals surface area contributed by atoms with Crippen molar-refractivity contribution in [2.45, 2.75) is 68.7 Å². The molecular formula is C40H43N5O6. The SMILES string of the molecule is COc1cccc(N[C@H]2CCCCCC=C[C@@H]3C[C@@]3(C(=O)NOc3ccccc3)NC(=O)[C@@H]3C[C@@H](Oc4nccc5ccccc45)CN3C2=O)c1. The molecule has 3 heterocycles.